The van der Waals surface area contributed by atoms with Crippen molar-refractivity contribution in [1.82, 2.24) is 10.2 Å². The summed E-state index contributed by atoms with van der Waals surface area (Å²) in [5.74, 6) is 0. The summed E-state index contributed by atoms with van der Waals surface area (Å²) < 4.78 is 0. The molecule has 0 unspecified atom stereocenters. The van der Waals surface area contributed by atoms with E-state index in [4.69, 9.17) is 0 Å². The lowest BCUT2D eigenvalue weighted by Gasteiger charge is -2.21. The summed E-state index contributed by atoms with van der Waals surface area (Å²) >= 11 is 1.84. The van der Waals surface area contributed by atoms with Gasteiger partial charge in [-0.2, -0.15) is 0 Å². The van der Waals surface area contributed by atoms with Crippen LogP contribution in [0, 0.1) is 0 Å². The Labute approximate surface area is 123 Å². The molecule has 1 heterocycles. The second-order valence-electron chi connectivity index (χ2n) is 5.16. The first-order valence-electron chi connectivity index (χ1n) is 7.82. The zero-order valence-corrected chi connectivity index (χ0v) is 13.5. The number of rotatable bonds is 12. The summed E-state index contributed by atoms with van der Waals surface area (Å²) in [5, 5.41) is 5.69. The predicted octanol–water partition coefficient (Wildman–Crippen LogP) is 4.13. The third kappa shape index (κ3) is 8.40. The molecule has 0 aromatic carbocycles. The van der Waals surface area contributed by atoms with Crippen LogP contribution in [0.25, 0.3) is 0 Å². The molecule has 1 rings (SSSR count). The predicted molar refractivity (Wildman–Crippen MR) is 86.9 cm³/mol. The monoisotopic (exact) mass is 282 g/mol. The highest BCUT2D eigenvalue weighted by Gasteiger charge is 2.03. The molecule has 0 aliphatic carbocycles. The van der Waals surface area contributed by atoms with E-state index in [0.717, 1.165) is 13.1 Å². The van der Waals surface area contributed by atoms with Crippen molar-refractivity contribution in [1.29, 1.82) is 0 Å². The van der Waals surface area contributed by atoms with Gasteiger partial charge in [-0.1, -0.05) is 32.8 Å². The summed E-state index contributed by atoms with van der Waals surface area (Å²) in [6.07, 6.45) is 6.55. The van der Waals surface area contributed by atoms with Gasteiger partial charge in [0.1, 0.15) is 0 Å². The van der Waals surface area contributed by atoms with E-state index in [9.17, 15) is 0 Å². The van der Waals surface area contributed by atoms with E-state index in [1.165, 1.54) is 56.6 Å². The summed E-state index contributed by atoms with van der Waals surface area (Å²) in [6, 6.07) is 4.32. The van der Waals surface area contributed by atoms with E-state index in [-0.39, 0.29) is 0 Å². The van der Waals surface area contributed by atoms with Crippen LogP contribution in [-0.4, -0.2) is 31.1 Å². The second-order valence-corrected chi connectivity index (χ2v) is 6.19. The Balaban J connectivity index is 2.05. The number of nitrogens with one attached hydrogen (secondary N) is 1. The third-order valence-electron chi connectivity index (χ3n) is 3.36. The Morgan fingerprint density at radius 2 is 1.74 bits per heavy atom. The van der Waals surface area contributed by atoms with Crippen LogP contribution >= 0.6 is 11.3 Å². The lowest BCUT2D eigenvalue weighted by molar-refractivity contribution is 0.261. The molecule has 3 heteroatoms. The van der Waals surface area contributed by atoms with E-state index in [2.05, 4.69) is 41.6 Å². The summed E-state index contributed by atoms with van der Waals surface area (Å²) in [7, 11) is 0. The van der Waals surface area contributed by atoms with Crippen molar-refractivity contribution >= 4 is 11.3 Å². The minimum atomic E-state index is 1.03. The highest BCUT2D eigenvalue weighted by Crippen LogP contribution is 2.07. The maximum Gasteiger partial charge on any atom is 0.0299 e. The van der Waals surface area contributed by atoms with Gasteiger partial charge in [-0.25, -0.2) is 0 Å². The Morgan fingerprint density at radius 1 is 1.05 bits per heavy atom. The Morgan fingerprint density at radius 3 is 2.32 bits per heavy atom. The average molecular weight is 282 g/mol. The van der Waals surface area contributed by atoms with Crippen LogP contribution in [0.3, 0.4) is 0 Å². The largest absolute Gasteiger partial charge is 0.312 e. The fourth-order valence-electron chi connectivity index (χ4n) is 2.15. The molecule has 0 bridgehead atoms. The third-order valence-corrected chi connectivity index (χ3v) is 4.24. The average Bonchev–Trinajstić information content (AvgIpc) is 2.93. The van der Waals surface area contributed by atoms with Crippen molar-refractivity contribution in [3.63, 3.8) is 0 Å². The highest BCUT2D eigenvalue weighted by molar-refractivity contribution is 7.09. The van der Waals surface area contributed by atoms with Crippen LogP contribution in [0.15, 0.2) is 17.5 Å². The maximum atomic E-state index is 3.54. The van der Waals surface area contributed by atoms with Crippen LogP contribution in [0.5, 0.6) is 0 Å². The zero-order chi connectivity index (χ0) is 13.8. The van der Waals surface area contributed by atoms with E-state index >= 15 is 0 Å². The van der Waals surface area contributed by atoms with Gasteiger partial charge in [0.2, 0.25) is 0 Å². The molecular formula is C16H30N2S. The molecule has 0 amide bonds. The highest BCUT2D eigenvalue weighted by atomic mass is 32.1. The summed E-state index contributed by atoms with van der Waals surface area (Å²) in [6.45, 7) is 10.5. The van der Waals surface area contributed by atoms with Crippen LogP contribution in [0.2, 0.25) is 0 Å². The SMILES string of the molecule is CCCCN(CCCC)CCCNCc1cccs1. The van der Waals surface area contributed by atoms with Gasteiger partial charge >= 0.3 is 0 Å². The number of unbranched alkanes of at least 4 members (excludes halogenated alkanes) is 2. The molecule has 0 atom stereocenters. The normalized spacial score (nSPS) is 11.3. The summed E-state index contributed by atoms with van der Waals surface area (Å²) in [4.78, 5) is 4.08. The first kappa shape index (κ1) is 16.7. The van der Waals surface area contributed by atoms with Crippen molar-refractivity contribution in [2.24, 2.45) is 0 Å². The Bertz CT molecular complexity index is 277. The van der Waals surface area contributed by atoms with Crippen LogP contribution in [-0.2, 0) is 6.54 Å². The topological polar surface area (TPSA) is 15.3 Å². The van der Waals surface area contributed by atoms with Gasteiger partial charge in [0.15, 0.2) is 0 Å². The van der Waals surface area contributed by atoms with Crippen molar-refractivity contribution in [2.45, 2.75) is 52.5 Å². The molecule has 19 heavy (non-hydrogen) atoms. The van der Waals surface area contributed by atoms with Crippen LogP contribution < -0.4 is 5.32 Å². The number of thiophene rings is 1. The zero-order valence-electron chi connectivity index (χ0n) is 12.7. The van der Waals surface area contributed by atoms with E-state index in [1.54, 1.807) is 0 Å². The molecular weight excluding hydrogens is 252 g/mol. The second kappa shape index (κ2) is 11.4. The van der Waals surface area contributed by atoms with Gasteiger partial charge in [-0.15, -0.1) is 11.3 Å². The molecule has 0 fully saturated rings. The molecule has 2 nitrogen and oxygen atoms in total. The lowest BCUT2D eigenvalue weighted by Crippen LogP contribution is -2.29. The molecule has 1 N–H and O–H groups in total. The number of hydrogen-bond donors (Lipinski definition) is 1. The molecule has 0 spiro atoms. The minimum Gasteiger partial charge on any atom is -0.312 e. The smallest absolute Gasteiger partial charge is 0.0299 e. The molecule has 0 saturated carbocycles. The van der Waals surface area contributed by atoms with Gasteiger partial charge in [-0.3, -0.25) is 0 Å². The molecule has 0 aliphatic heterocycles. The minimum absolute atomic E-state index is 1.03. The Hall–Kier alpha value is -0.380. The van der Waals surface area contributed by atoms with Gasteiger partial charge in [0.25, 0.3) is 0 Å². The van der Waals surface area contributed by atoms with E-state index < -0.39 is 0 Å². The standard InChI is InChI=1S/C16H30N2S/c1-3-5-11-18(12-6-4-2)13-8-10-17-15-16-9-7-14-19-16/h7,9,14,17H,3-6,8,10-13,15H2,1-2H3. The molecule has 0 aliphatic rings. The first-order valence-corrected chi connectivity index (χ1v) is 8.70. The van der Waals surface area contributed by atoms with Gasteiger partial charge in [0.05, 0.1) is 0 Å². The number of nitrogens with zero attached hydrogens (tertiary/aromatic N) is 1. The molecule has 110 valence electrons. The fourth-order valence-corrected chi connectivity index (χ4v) is 2.83. The van der Waals surface area contributed by atoms with Crippen molar-refractivity contribution in [2.75, 3.05) is 26.2 Å². The molecule has 1 aromatic heterocycles. The van der Waals surface area contributed by atoms with Gasteiger partial charge in [-0.05, 0) is 56.9 Å². The Kier molecular flexibility index (Phi) is 10.0. The molecule has 0 saturated heterocycles. The quantitative estimate of drug-likeness (QED) is 0.580. The van der Waals surface area contributed by atoms with Gasteiger partial charge < -0.3 is 10.2 Å². The van der Waals surface area contributed by atoms with Gasteiger partial charge in [0, 0.05) is 11.4 Å². The van der Waals surface area contributed by atoms with E-state index in [1.807, 2.05) is 11.3 Å². The maximum absolute atomic E-state index is 3.54. The van der Waals surface area contributed by atoms with Crippen molar-refractivity contribution < 1.29 is 0 Å². The first-order chi connectivity index (χ1) is 9.36. The number of hydrogen-bond acceptors (Lipinski definition) is 3. The van der Waals surface area contributed by atoms with Crippen molar-refractivity contribution in [3.8, 4) is 0 Å². The van der Waals surface area contributed by atoms with Crippen molar-refractivity contribution in [3.05, 3.63) is 22.4 Å². The van der Waals surface area contributed by atoms with Crippen LogP contribution in [0.1, 0.15) is 50.8 Å². The fraction of sp³-hybridized carbons (Fsp3) is 0.750. The van der Waals surface area contributed by atoms with E-state index in [0.29, 0.717) is 0 Å². The van der Waals surface area contributed by atoms with Crippen LogP contribution in [0.4, 0.5) is 0 Å². The lowest BCUT2D eigenvalue weighted by atomic mass is 10.2. The molecule has 1 aromatic rings. The summed E-state index contributed by atoms with van der Waals surface area (Å²) in [5.41, 5.74) is 0. The molecule has 0 radical (unpaired) electrons.